The van der Waals surface area contributed by atoms with Crippen molar-refractivity contribution in [2.45, 2.75) is 55.2 Å². The number of carbonyl (C=O) groups excluding carboxylic acids is 1. The van der Waals surface area contributed by atoms with Crippen LogP contribution in [-0.2, 0) is 4.79 Å². The van der Waals surface area contributed by atoms with Gasteiger partial charge in [0.05, 0.1) is 11.3 Å². The van der Waals surface area contributed by atoms with Crippen LogP contribution in [0.2, 0.25) is 0 Å². The molecule has 0 aromatic carbocycles. The zero-order chi connectivity index (χ0) is 16.2. The quantitative estimate of drug-likeness (QED) is 0.798. The van der Waals surface area contributed by atoms with Gasteiger partial charge in [0.25, 0.3) is 0 Å². The third-order valence-electron chi connectivity index (χ3n) is 4.59. The van der Waals surface area contributed by atoms with Gasteiger partial charge in [-0.2, -0.15) is 5.26 Å². The minimum atomic E-state index is -0.628. The van der Waals surface area contributed by atoms with Crippen molar-refractivity contribution in [2.24, 2.45) is 5.92 Å². The summed E-state index contributed by atoms with van der Waals surface area (Å²) in [5.74, 6) is 0.673. The molecular weight excluding hydrogens is 294 g/mol. The molecule has 1 amide bonds. The van der Waals surface area contributed by atoms with Crippen molar-refractivity contribution in [2.75, 3.05) is 7.05 Å². The molecule has 5 heteroatoms. The first kappa shape index (κ1) is 16.8. The van der Waals surface area contributed by atoms with E-state index in [0.717, 1.165) is 30.6 Å². The SMILES string of the molecule is CC1CCC(C#N)(N(C)C(=O)C(C)Sc2ccncc2)CC1. The van der Waals surface area contributed by atoms with Crippen molar-refractivity contribution in [1.82, 2.24) is 9.88 Å². The Morgan fingerprint density at radius 3 is 2.59 bits per heavy atom. The smallest absolute Gasteiger partial charge is 0.236 e. The highest BCUT2D eigenvalue weighted by molar-refractivity contribution is 8.00. The zero-order valence-corrected chi connectivity index (χ0v) is 14.3. The van der Waals surface area contributed by atoms with Gasteiger partial charge in [-0.15, -0.1) is 11.8 Å². The van der Waals surface area contributed by atoms with Gasteiger partial charge in [0.15, 0.2) is 0 Å². The van der Waals surface area contributed by atoms with E-state index in [1.54, 1.807) is 24.3 Å². The van der Waals surface area contributed by atoms with E-state index in [4.69, 9.17) is 0 Å². The lowest BCUT2D eigenvalue weighted by Gasteiger charge is -2.41. The van der Waals surface area contributed by atoms with Gasteiger partial charge in [0.2, 0.25) is 5.91 Å². The van der Waals surface area contributed by atoms with Gasteiger partial charge < -0.3 is 4.90 Å². The number of aromatic nitrogens is 1. The van der Waals surface area contributed by atoms with Crippen molar-refractivity contribution in [3.8, 4) is 6.07 Å². The van der Waals surface area contributed by atoms with E-state index in [1.165, 1.54) is 11.8 Å². The number of nitrogens with zero attached hydrogens (tertiary/aromatic N) is 3. The number of rotatable bonds is 4. The highest BCUT2D eigenvalue weighted by atomic mass is 32.2. The van der Waals surface area contributed by atoms with Crippen molar-refractivity contribution in [1.29, 1.82) is 5.26 Å². The van der Waals surface area contributed by atoms with Crippen molar-refractivity contribution in [3.05, 3.63) is 24.5 Å². The third-order valence-corrected chi connectivity index (χ3v) is 5.69. The van der Waals surface area contributed by atoms with Crippen LogP contribution in [0.4, 0.5) is 0 Å². The van der Waals surface area contributed by atoms with Crippen molar-refractivity contribution in [3.63, 3.8) is 0 Å². The molecule has 0 saturated heterocycles. The Kier molecular flexibility index (Phi) is 5.47. The van der Waals surface area contributed by atoms with Gasteiger partial charge in [-0.3, -0.25) is 9.78 Å². The lowest BCUT2D eigenvalue weighted by molar-refractivity contribution is -0.134. The summed E-state index contributed by atoms with van der Waals surface area (Å²) < 4.78 is 0. The topological polar surface area (TPSA) is 57.0 Å². The summed E-state index contributed by atoms with van der Waals surface area (Å²) in [6.45, 7) is 4.12. The molecule has 1 atom stereocenters. The van der Waals surface area contributed by atoms with E-state index in [2.05, 4.69) is 18.0 Å². The molecule has 0 aliphatic heterocycles. The first-order valence-corrected chi connectivity index (χ1v) is 8.62. The van der Waals surface area contributed by atoms with Gasteiger partial charge >= 0.3 is 0 Å². The van der Waals surface area contributed by atoms with Crippen LogP contribution >= 0.6 is 11.8 Å². The maximum absolute atomic E-state index is 12.7. The van der Waals surface area contributed by atoms with E-state index < -0.39 is 5.54 Å². The minimum absolute atomic E-state index is 0.0258. The van der Waals surface area contributed by atoms with Gasteiger partial charge in [0.1, 0.15) is 5.54 Å². The highest BCUT2D eigenvalue weighted by Crippen LogP contribution is 2.36. The molecule has 4 nitrogen and oxygen atoms in total. The lowest BCUT2D eigenvalue weighted by Crippen LogP contribution is -2.52. The summed E-state index contributed by atoms with van der Waals surface area (Å²) in [6, 6.07) is 6.22. The summed E-state index contributed by atoms with van der Waals surface area (Å²) in [5.41, 5.74) is -0.628. The van der Waals surface area contributed by atoms with Crippen molar-refractivity contribution >= 4 is 17.7 Å². The average Bonchev–Trinajstić information content (AvgIpc) is 2.55. The lowest BCUT2D eigenvalue weighted by atomic mass is 9.77. The Balaban J connectivity index is 2.05. The number of hydrogen-bond donors (Lipinski definition) is 0. The maximum Gasteiger partial charge on any atom is 0.236 e. The highest BCUT2D eigenvalue weighted by Gasteiger charge is 2.41. The molecule has 118 valence electrons. The number of thioether (sulfide) groups is 1. The summed E-state index contributed by atoms with van der Waals surface area (Å²) >= 11 is 1.51. The molecule has 22 heavy (non-hydrogen) atoms. The Bertz CT molecular complexity index is 547. The fourth-order valence-electron chi connectivity index (χ4n) is 2.92. The molecular formula is C17H23N3OS. The Hall–Kier alpha value is -1.54. The Labute approximate surface area is 136 Å². The molecule has 0 N–H and O–H groups in total. The molecule has 1 aliphatic carbocycles. The van der Waals surface area contributed by atoms with E-state index >= 15 is 0 Å². The van der Waals surface area contributed by atoms with Crippen LogP contribution in [0.5, 0.6) is 0 Å². The Morgan fingerprint density at radius 2 is 2.05 bits per heavy atom. The van der Waals surface area contributed by atoms with Crippen LogP contribution in [0.25, 0.3) is 0 Å². The fraction of sp³-hybridized carbons (Fsp3) is 0.588. The van der Waals surface area contributed by atoms with E-state index in [9.17, 15) is 10.1 Å². The van der Waals surface area contributed by atoms with E-state index in [1.807, 2.05) is 19.1 Å². The molecule has 1 heterocycles. The monoisotopic (exact) mass is 317 g/mol. The van der Waals surface area contributed by atoms with Crippen LogP contribution in [0.3, 0.4) is 0 Å². The summed E-state index contributed by atoms with van der Waals surface area (Å²) in [7, 11) is 1.78. The normalized spacial score (nSPS) is 26.0. The summed E-state index contributed by atoms with van der Waals surface area (Å²) in [4.78, 5) is 19.4. The Morgan fingerprint density at radius 1 is 1.45 bits per heavy atom. The second-order valence-electron chi connectivity index (χ2n) is 6.17. The zero-order valence-electron chi connectivity index (χ0n) is 13.5. The number of hydrogen-bond acceptors (Lipinski definition) is 4. The molecule has 2 rings (SSSR count). The molecule has 0 bridgehead atoms. The molecule has 1 aromatic rings. The fourth-order valence-corrected chi connectivity index (χ4v) is 3.86. The van der Waals surface area contributed by atoms with Crippen LogP contribution < -0.4 is 0 Å². The second-order valence-corrected chi connectivity index (χ2v) is 7.58. The van der Waals surface area contributed by atoms with Gasteiger partial charge in [0, 0.05) is 24.3 Å². The van der Waals surface area contributed by atoms with Crippen LogP contribution in [0.15, 0.2) is 29.4 Å². The molecule has 1 aromatic heterocycles. The van der Waals surface area contributed by atoms with Gasteiger partial charge in [-0.05, 0) is 50.7 Å². The third kappa shape index (κ3) is 3.61. The average molecular weight is 317 g/mol. The molecule has 1 aliphatic rings. The second kappa shape index (κ2) is 7.15. The summed E-state index contributed by atoms with van der Waals surface area (Å²) in [6.07, 6.45) is 7.03. The molecule has 1 fully saturated rings. The molecule has 1 unspecified atom stereocenters. The van der Waals surface area contributed by atoms with E-state index in [0.29, 0.717) is 5.92 Å². The largest absolute Gasteiger partial charge is 0.326 e. The number of carbonyl (C=O) groups is 1. The number of amides is 1. The predicted octanol–water partition coefficient (Wildman–Crippen LogP) is 3.49. The predicted molar refractivity (Wildman–Crippen MR) is 88.3 cm³/mol. The van der Waals surface area contributed by atoms with Crippen LogP contribution in [-0.4, -0.2) is 33.6 Å². The number of pyridine rings is 1. The molecule has 0 radical (unpaired) electrons. The maximum atomic E-state index is 12.7. The van der Waals surface area contributed by atoms with Gasteiger partial charge in [-0.25, -0.2) is 0 Å². The summed E-state index contributed by atoms with van der Waals surface area (Å²) in [5, 5.41) is 9.45. The standard InChI is InChI=1S/C17H23N3OS/c1-13-4-8-17(12-18,9-5-13)20(3)16(21)14(2)22-15-6-10-19-11-7-15/h6-7,10-11,13-14H,4-5,8-9H2,1-3H3. The van der Waals surface area contributed by atoms with E-state index in [-0.39, 0.29) is 11.2 Å². The first-order chi connectivity index (χ1) is 10.5. The minimum Gasteiger partial charge on any atom is -0.326 e. The van der Waals surface area contributed by atoms with Crippen molar-refractivity contribution < 1.29 is 4.79 Å². The van der Waals surface area contributed by atoms with Gasteiger partial charge in [-0.1, -0.05) is 6.92 Å². The van der Waals surface area contributed by atoms with Crippen LogP contribution in [0.1, 0.15) is 39.5 Å². The molecule has 1 saturated carbocycles. The first-order valence-electron chi connectivity index (χ1n) is 7.74. The van der Waals surface area contributed by atoms with Crippen LogP contribution in [0, 0.1) is 17.2 Å². The number of nitriles is 1. The molecule has 0 spiro atoms.